The van der Waals surface area contributed by atoms with Gasteiger partial charge in [0.25, 0.3) is 0 Å². The fourth-order valence-corrected chi connectivity index (χ4v) is 1.68. The summed E-state index contributed by atoms with van der Waals surface area (Å²) in [5.74, 6) is 0.618. The molecule has 0 atom stereocenters. The van der Waals surface area contributed by atoms with Crippen LogP contribution in [-0.2, 0) is 4.74 Å². The molecule has 84 valence electrons. The van der Waals surface area contributed by atoms with E-state index in [1.165, 1.54) is 17.9 Å². The second-order valence-corrected chi connectivity index (χ2v) is 3.69. The van der Waals surface area contributed by atoms with Gasteiger partial charge in [-0.05, 0) is 6.07 Å². The Balaban J connectivity index is 2.02. The van der Waals surface area contributed by atoms with Crippen molar-refractivity contribution < 1.29 is 4.74 Å². The Morgan fingerprint density at radius 1 is 1.50 bits per heavy atom. The molecule has 0 aliphatic carbocycles. The minimum Gasteiger partial charge on any atom is -0.383 e. The summed E-state index contributed by atoms with van der Waals surface area (Å²) in [6, 6.07) is 1.78. The minimum atomic E-state index is 0.618. The van der Waals surface area contributed by atoms with E-state index >= 15 is 0 Å². The van der Waals surface area contributed by atoms with Crippen molar-refractivity contribution in [3.8, 4) is 11.5 Å². The summed E-state index contributed by atoms with van der Waals surface area (Å²) in [7, 11) is 1.66. The third-order valence-corrected chi connectivity index (χ3v) is 2.49. The fourth-order valence-electron chi connectivity index (χ4n) is 1.08. The first kappa shape index (κ1) is 10.9. The molecule has 0 unspecified atom stereocenters. The van der Waals surface area contributed by atoms with Crippen LogP contribution in [0.25, 0.3) is 11.5 Å². The van der Waals surface area contributed by atoms with E-state index in [-0.39, 0.29) is 0 Å². The highest BCUT2D eigenvalue weighted by atomic mass is 32.1. The molecule has 0 aliphatic heterocycles. The zero-order valence-electron chi connectivity index (χ0n) is 8.75. The maximum absolute atomic E-state index is 4.93. The fraction of sp³-hybridized carbons (Fsp3) is 0.333. The zero-order chi connectivity index (χ0) is 11.2. The van der Waals surface area contributed by atoms with E-state index in [1.54, 1.807) is 19.4 Å². The number of methoxy groups -OCH3 is 1. The lowest BCUT2D eigenvalue weighted by Crippen LogP contribution is -2.07. The van der Waals surface area contributed by atoms with Gasteiger partial charge in [0.05, 0.1) is 6.61 Å². The van der Waals surface area contributed by atoms with Gasteiger partial charge in [-0.2, -0.15) is 9.36 Å². The van der Waals surface area contributed by atoms with Gasteiger partial charge in [-0.1, -0.05) is 0 Å². The van der Waals surface area contributed by atoms with Gasteiger partial charge in [0.15, 0.2) is 5.82 Å². The molecule has 0 saturated carbocycles. The molecular weight excluding hydrogens is 226 g/mol. The molecular formula is C9H11N5OS. The highest BCUT2D eigenvalue weighted by Gasteiger charge is 2.06. The SMILES string of the molecule is COCCNc1nc(-c2ccncn2)ns1. The van der Waals surface area contributed by atoms with Crippen molar-refractivity contribution in [3.63, 3.8) is 0 Å². The second-order valence-electron chi connectivity index (χ2n) is 2.94. The average Bonchev–Trinajstić information content (AvgIpc) is 2.79. The molecule has 0 amide bonds. The maximum atomic E-state index is 4.93. The molecule has 2 rings (SSSR count). The van der Waals surface area contributed by atoms with Crippen LogP contribution in [0.1, 0.15) is 0 Å². The first-order chi connectivity index (χ1) is 7.90. The van der Waals surface area contributed by atoms with E-state index in [2.05, 4.69) is 24.6 Å². The van der Waals surface area contributed by atoms with Crippen molar-refractivity contribution in [2.45, 2.75) is 0 Å². The Morgan fingerprint density at radius 2 is 2.44 bits per heavy atom. The van der Waals surface area contributed by atoms with Crippen LogP contribution < -0.4 is 5.32 Å². The predicted octanol–water partition coefficient (Wildman–Crippen LogP) is 1.05. The topological polar surface area (TPSA) is 72.8 Å². The molecule has 2 aromatic rings. The number of aromatic nitrogens is 4. The summed E-state index contributed by atoms with van der Waals surface area (Å²) in [6.07, 6.45) is 3.15. The quantitative estimate of drug-likeness (QED) is 0.784. The lowest BCUT2D eigenvalue weighted by atomic mass is 10.4. The molecule has 2 aromatic heterocycles. The summed E-state index contributed by atoms with van der Waals surface area (Å²) >= 11 is 1.31. The third-order valence-electron chi connectivity index (χ3n) is 1.82. The van der Waals surface area contributed by atoms with Gasteiger partial charge in [-0.25, -0.2) is 9.97 Å². The van der Waals surface area contributed by atoms with Crippen molar-refractivity contribution in [1.82, 2.24) is 19.3 Å². The Hall–Kier alpha value is -1.60. The van der Waals surface area contributed by atoms with Gasteiger partial charge in [-0.15, -0.1) is 0 Å². The van der Waals surface area contributed by atoms with Crippen molar-refractivity contribution in [1.29, 1.82) is 0 Å². The van der Waals surface area contributed by atoms with Crippen molar-refractivity contribution in [2.75, 3.05) is 25.6 Å². The van der Waals surface area contributed by atoms with Crippen molar-refractivity contribution in [3.05, 3.63) is 18.6 Å². The van der Waals surface area contributed by atoms with Crippen LogP contribution >= 0.6 is 11.5 Å². The lowest BCUT2D eigenvalue weighted by Gasteiger charge is -1.98. The van der Waals surface area contributed by atoms with Gasteiger partial charge in [0.2, 0.25) is 5.13 Å². The van der Waals surface area contributed by atoms with Crippen LogP contribution in [0.15, 0.2) is 18.6 Å². The van der Waals surface area contributed by atoms with Gasteiger partial charge in [0.1, 0.15) is 12.0 Å². The third kappa shape index (κ3) is 2.71. The maximum Gasteiger partial charge on any atom is 0.203 e. The molecule has 7 heteroatoms. The Kier molecular flexibility index (Phi) is 3.73. The van der Waals surface area contributed by atoms with Crippen LogP contribution in [0.5, 0.6) is 0 Å². The molecule has 0 spiro atoms. The summed E-state index contributed by atoms with van der Waals surface area (Å²) in [5.41, 5.74) is 0.728. The molecule has 2 heterocycles. The summed E-state index contributed by atoms with van der Waals surface area (Å²) < 4.78 is 9.13. The van der Waals surface area contributed by atoms with Crippen LogP contribution in [-0.4, -0.2) is 39.6 Å². The highest BCUT2D eigenvalue weighted by molar-refractivity contribution is 7.09. The Morgan fingerprint density at radius 3 is 3.19 bits per heavy atom. The molecule has 0 bridgehead atoms. The molecule has 0 aromatic carbocycles. The number of ether oxygens (including phenoxy) is 1. The lowest BCUT2D eigenvalue weighted by molar-refractivity contribution is 0.211. The summed E-state index contributed by atoms with van der Waals surface area (Å²) in [6.45, 7) is 1.36. The monoisotopic (exact) mass is 237 g/mol. The largest absolute Gasteiger partial charge is 0.383 e. The minimum absolute atomic E-state index is 0.618. The predicted molar refractivity (Wildman–Crippen MR) is 61.3 cm³/mol. The van der Waals surface area contributed by atoms with E-state index in [0.29, 0.717) is 12.4 Å². The molecule has 0 aliphatic rings. The molecule has 6 nitrogen and oxygen atoms in total. The Bertz CT molecular complexity index is 432. The Labute approximate surface area is 96.9 Å². The first-order valence-corrected chi connectivity index (χ1v) is 5.50. The van der Waals surface area contributed by atoms with Crippen LogP contribution in [0, 0.1) is 0 Å². The number of rotatable bonds is 5. The van der Waals surface area contributed by atoms with Gasteiger partial charge in [-0.3, -0.25) is 0 Å². The van der Waals surface area contributed by atoms with E-state index in [9.17, 15) is 0 Å². The molecule has 0 fully saturated rings. The van der Waals surface area contributed by atoms with Crippen molar-refractivity contribution in [2.24, 2.45) is 0 Å². The van der Waals surface area contributed by atoms with Gasteiger partial charge < -0.3 is 10.1 Å². The van der Waals surface area contributed by atoms with E-state index in [0.717, 1.165) is 17.4 Å². The standard InChI is InChI=1S/C9H11N5OS/c1-15-5-4-11-9-13-8(14-16-9)7-2-3-10-6-12-7/h2-3,6H,4-5H2,1H3,(H,11,13,14). The van der Waals surface area contributed by atoms with E-state index in [4.69, 9.17) is 4.74 Å². The smallest absolute Gasteiger partial charge is 0.203 e. The molecule has 16 heavy (non-hydrogen) atoms. The highest BCUT2D eigenvalue weighted by Crippen LogP contribution is 2.18. The second kappa shape index (κ2) is 5.47. The van der Waals surface area contributed by atoms with Gasteiger partial charge in [0, 0.05) is 31.4 Å². The number of nitrogens with one attached hydrogen (secondary N) is 1. The number of hydrogen-bond donors (Lipinski definition) is 1. The first-order valence-electron chi connectivity index (χ1n) is 4.73. The van der Waals surface area contributed by atoms with E-state index < -0.39 is 0 Å². The normalized spacial score (nSPS) is 10.3. The van der Waals surface area contributed by atoms with Gasteiger partial charge >= 0.3 is 0 Å². The number of hydrogen-bond acceptors (Lipinski definition) is 7. The van der Waals surface area contributed by atoms with Crippen molar-refractivity contribution >= 4 is 16.7 Å². The van der Waals surface area contributed by atoms with Crippen LogP contribution in [0.3, 0.4) is 0 Å². The van der Waals surface area contributed by atoms with Crippen LogP contribution in [0.2, 0.25) is 0 Å². The summed E-state index contributed by atoms with van der Waals surface area (Å²) in [5, 5.41) is 3.88. The molecule has 1 N–H and O–H groups in total. The molecule has 0 saturated heterocycles. The van der Waals surface area contributed by atoms with E-state index in [1.807, 2.05) is 0 Å². The number of nitrogens with zero attached hydrogens (tertiary/aromatic N) is 4. The summed E-state index contributed by atoms with van der Waals surface area (Å²) in [4.78, 5) is 12.2. The zero-order valence-corrected chi connectivity index (χ0v) is 9.57. The van der Waals surface area contributed by atoms with Crippen LogP contribution in [0.4, 0.5) is 5.13 Å². The average molecular weight is 237 g/mol. The number of anilines is 1. The molecule has 0 radical (unpaired) electrons.